The molecule has 14 nitrogen and oxygen atoms in total. The van der Waals surface area contributed by atoms with Crippen molar-refractivity contribution in [2.24, 2.45) is 5.92 Å². The van der Waals surface area contributed by atoms with Gasteiger partial charge in [0.2, 0.25) is 0 Å². The molecule has 2 aliphatic heterocycles. The summed E-state index contributed by atoms with van der Waals surface area (Å²) in [6, 6.07) is 19.0. The Morgan fingerprint density at radius 2 is 1.86 bits per heavy atom. The number of benzene rings is 3. The molecule has 0 saturated carbocycles. The Kier molecular flexibility index (Phi) is 8.09. The number of aromatic amines is 1. The van der Waals surface area contributed by atoms with Gasteiger partial charge in [0.15, 0.2) is 13.9 Å². The van der Waals surface area contributed by atoms with Crippen LogP contribution in [-0.4, -0.2) is 66.5 Å². The summed E-state index contributed by atoms with van der Waals surface area (Å²) in [6.07, 6.45) is 2.00. The van der Waals surface area contributed by atoms with Crippen molar-refractivity contribution in [3.8, 4) is 5.69 Å². The van der Waals surface area contributed by atoms with Crippen molar-refractivity contribution in [3.63, 3.8) is 0 Å². The number of rotatable bonds is 10. The van der Waals surface area contributed by atoms with E-state index in [9.17, 15) is 29.6 Å². The topological polar surface area (TPSA) is 182 Å². The lowest BCUT2D eigenvalue weighted by Crippen LogP contribution is -2.46. The number of hydrogen-bond acceptors (Lipinski definition) is 9. The molecule has 0 bridgehead atoms. The third-order valence-electron chi connectivity index (χ3n) is 9.90. The fraction of sp³-hybridized carbons (Fsp3) is 0.353. The van der Waals surface area contributed by atoms with E-state index in [4.69, 9.17) is 4.74 Å². The Hall–Kier alpha value is -4.96. The number of fused-ring (bicyclic) bond motifs is 3. The summed E-state index contributed by atoms with van der Waals surface area (Å²) in [5, 5.41) is 33.1. The van der Waals surface area contributed by atoms with Gasteiger partial charge in [-0.3, -0.25) is 29.5 Å². The first-order valence-electron chi connectivity index (χ1n) is 16.2. The van der Waals surface area contributed by atoms with Crippen molar-refractivity contribution in [1.82, 2.24) is 24.8 Å². The number of aliphatic hydroxyl groups is 1. The number of H-pyrrole nitrogens is 1. The van der Waals surface area contributed by atoms with E-state index in [1.807, 2.05) is 50.3 Å². The second kappa shape index (κ2) is 12.2. The average Bonchev–Trinajstić information content (AvgIpc) is 3.80. The molecule has 4 heterocycles. The van der Waals surface area contributed by atoms with Crippen molar-refractivity contribution in [2.75, 3.05) is 11.5 Å². The fourth-order valence-electron chi connectivity index (χ4n) is 7.72. The van der Waals surface area contributed by atoms with Crippen LogP contribution in [0.5, 0.6) is 0 Å². The van der Waals surface area contributed by atoms with Gasteiger partial charge in [0.05, 0.1) is 45.5 Å². The molecule has 1 amide bonds. The molecule has 3 aromatic carbocycles. The molecular weight excluding hydrogens is 647 g/mol. The lowest BCUT2D eigenvalue weighted by molar-refractivity contribution is -0.385. The monoisotopic (exact) mass is 683 g/mol. The van der Waals surface area contributed by atoms with Crippen LogP contribution in [0, 0.1) is 16.0 Å². The van der Waals surface area contributed by atoms with Gasteiger partial charge >= 0.3 is 0 Å². The van der Waals surface area contributed by atoms with E-state index in [0.717, 1.165) is 11.1 Å². The smallest absolute Gasteiger partial charge is 0.279 e. The number of anilines is 1. The minimum absolute atomic E-state index is 0.0464. The molecule has 0 unspecified atom stereocenters. The van der Waals surface area contributed by atoms with Crippen molar-refractivity contribution >= 4 is 36.5 Å². The van der Waals surface area contributed by atoms with Crippen LogP contribution in [0.3, 0.4) is 0 Å². The van der Waals surface area contributed by atoms with Crippen LogP contribution in [0.15, 0.2) is 77.7 Å². The Labute approximate surface area is 281 Å². The summed E-state index contributed by atoms with van der Waals surface area (Å²) in [7, 11) is -2.97. The first kappa shape index (κ1) is 32.6. The highest BCUT2D eigenvalue weighted by Crippen LogP contribution is 2.60. The van der Waals surface area contributed by atoms with Crippen LogP contribution in [0.1, 0.15) is 30.2 Å². The van der Waals surface area contributed by atoms with Crippen molar-refractivity contribution in [2.45, 2.75) is 63.2 Å². The fourth-order valence-corrected chi connectivity index (χ4v) is 10.3. The summed E-state index contributed by atoms with van der Waals surface area (Å²) >= 11 is 0. The van der Waals surface area contributed by atoms with E-state index < -0.39 is 30.9 Å². The average molecular weight is 684 g/mol. The van der Waals surface area contributed by atoms with Crippen LogP contribution in [-0.2, 0) is 34.6 Å². The van der Waals surface area contributed by atoms with Crippen LogP contribution in [0.4, 0.5) is 11.4 Å². The quantitative estimate of drug-likeness (QED) is 0.112. The first-order valence-corrected chi connectivity index (χ1v) is 19.2. The number of carbonyl (C=O) groups is 1. The van der Waals surface area contributed by atoms with E-state index in [1.165, 1.54) is 16.8 Å². The van der Waals surface area contributed by atoms with Crippen molar-refractivity contribution < 1.29 is 24.4 Å². The van der Waals surface area contributed by atoms with Gasteiger partial charge in [-0.1, -0.05) is 36.4 Å². The summed E-state index contributed by atoms with van der Waals surface area (Å²) in [6.45, 7) is 6.05. The highest BCUT2D eigenvalue weighted by atomic mass is 28.4. The Bertz CT molecular complexity index is 2120. The number of nitrogens with one attached hydrogen (secondary N) is 1. The maximum Gasteiger partial charge on any atom is 0.279 e. The van der Waals surface area contributed by atoms with Gasteiger partial charge in [0.25, 0.3) is 17.2 Å². The number of carbonyl (C=O) groups excluding carboxylic acids is 1. The van der Waals surface area contributed by atoms with Crippen molar-refractivity contribution in [3.05, 3.63) is 110 Å². The minimum atomic E-state index is -2.97. The maximum atomic E-state index is 14.7. The number of hydrogen-bond donors (Lipinski definition) is 3. The largest absolute Gasteiger partial charge is 0.432 e. The maximum absolute atomic E-state index is 14.7. The molecule has 1 fully saturated rings. The number of nitro groups is 1. The zero-order valence-corrected chi connectivity index (χ0v) is 28.3. The van der Waals surface area contributed by atoms with Crippen LogP contribution >= 0.6 is 0 Å². The number of para-hydroxylation sites is 1. The van der Waals surface area contributed by atoms with E-state index in [-0.39, 0.29) is 35.8 Å². The van der Waals surface area contributed by atoms with E-state index in [2.05, 4.69) is 15.4 Å². The van der Waals surface area contributed by atoms with Crippen LogP contribution < -0.4 is 10.5 Å². The second-order valence-corrected chi connectivity index (χ2v) is 17.4. The molecule has 15 heteroatoms. The lowest BCUT2D eigenvalue weighted by Gasteiger charge is -2.32. The minimum Gasteiger partial charge on any atom is -0.432 e. The molecule has 1 spiro atoms. The van der Waals surface area contributed by atoms with Gasteiger partial charge in [-0.05, 0) is 55.4 Å². The number of ether oxygens (including phenoxy) is 1. The van der Waals surface area contributed by atoms with Crippen molar-refractivity contribution in [1.29, 1.82) is 0 Å². The summed E-state index contributed by atoms with van der Waals surface area (Å²) in [5.74, 6) is -0.845. The van der Waals surface area contributed by atoms with Crippen LogP contribution in [0.25, 0.3) is 16.6 Å². The highest BCUT2D eigenvalue weighted by molar-refractivity contribution is 6.71. The zero-order valence-electron chi connectivity index (χ0n) is 27.3. The van der Waals surface area contributed by atoms with E-state index in [0.29, 0.717) is 47.4 Å². The molecule has 1 saturated heterocycles. The lowest BCUT2D eigenvalue weighted by atomic mass is 9.82. The van der Waals surface area contributed by atoms with Crippen LogP contribution in [0.2, 0.25) is 18.6 Å². The third-order valence-corrected chi connectivity index (χ3v) is 12.4. The molecule has 2 aliphatic rings. The molecule has 254 valence electrons. The number of amides is 1. The Balaban J connectivity index is 1.22. The third kappa shape index (κ3) is 5.48. The standard InChI is InChI=1S/C34H37N7O7Si/c1-21-31(49(2,3)47)30(14-16-38-20-23(15-17-42)35-37-38)48-34(21)27-18-25(41(45)46)12-13-29(27)39(33(34)44)19-22-8-10-24(11-9-22)40-32(43)26-6-4-5-7-28(26)36-40/h4-13,18,20-21,30-31,36,42,47H,14-17,19H2,1-3H3/t21-,30+,31-,34+/m1/s1. The second-order valence-electron chi connectivity index (χ2n) is 13.4. The highest BCUT2D eigenvalue weighted by Gasteiger charge is 2.66. The number of nitro benzene ring substituents is 1. The molecule has 3 N–H and O–H groups in total. The van der Waals surface area contributed by atoms with Gasteiger partial charge < -0.3 is 19.5 Å². The molecule has 5 aromatic rings. The number of aromatic nitrogens is 5. The number of non-ortho nitro benzene ring substituents is 1. The zero-order chi connectivity index (χ0) is 34.7. The summed E-state index contributed by atoms with van der Waals surface area (Å²) in [4.78, 5) is 52.4. The van der Waals surface area contributed by atoms with Gasteiger partial charge in [-0.25, -0.2) is 4.68 Å². The molecule has 49 heavy (non-hydrogen) atoms. The molecular formula is C34H37N7O7Si. The molecule has 7 rings (SSSR count). The summed E-state index contributed by atoms with van der Waals surface area (Å²) in [5.41, 5.74) is 1.46. The predicted molar refractivity (Wildman–Crippen MR) is 183 cm³/mol. The number of aryl methyl sites for hydroxylation is 1. The molecule has 0 aliphatic carbocycles. The van der Waals surface area contributed by atoms with Gasteiger partial charge in [0.1, 0.15) is 0 Å². The SMILES string of the molecule is C[C@@H]1[C@@H]([Si](C)(C)O)[C@H](CCn2cc(CCO)nn2)O[C@@]12C(=O)N(Cc1ccc(-n3[nH]c4ccccc4c3=O)cc1)c1ccc([N+](=O)[O-])cc12. The van der Waals surface area contributed by atoms with E-state index in [1.54, 1.807) is 40.0 Å². The Morgan fingerprint density at radius 1 is 1.10 bits per heavy atom. The number of aliphatic hydroxyl groups excluding tert-OH is 1. The summed E-state index contributed by atoms with van der Waals surface area (Å²) < 4.78 is 9.94. The molecule has 0 radical (unpaired) electrons. The normalized spacial score (nSPS) is 22.0. The number of nitrogens with zero attached hydrogens (tertiary/aromatic N) is 6. The van der Waals surface area contributed by atoms with Gasteiger partial charge in [0, 0.05) is 54.9 Å². The first-order chi connectivity index (χ1) is 23.4. The Morgan fingerprint density at radius 3 is 2.55 bits per heavy atom. The predicted octanol–water partition coefficient (Wildman–Crippen LogP) is 3.79. The van der Waals surface area contributed by atoms with E-state index >= 15 is 0 Å². The van der Waals surface area contributed by atoms with Gasteiger partial charge in [-0.15, -0.1) is 5.10 Å². The van der Waals surface area contributed by atoms with Gasteiger partial charge in [-0.2, -0.15) is 0 Å². The molecule has 2 aromatic heterocycles. The molecule has 4 atom stereocenters.